The normalized spacial score (nSPS) is 22.8. The Balaban J connectivity index is 1.57. The standard InChI is InChI=1S/C19H23N3O3S/c1-25-16-7-5-15(6-8-16)12-21-11-9-19(13-21)14-22(26(2,23)24)17-4-3-10-20-18(17)19/h3-8,10H,9,11-14H2,1-2H3. The smallest absolute Gasteiger partial charge is 0.232 e. The summed E-state index contributed by atoms with van der Waals surface area (Å²) in [6.45, 7) is 3.07. The van der Waals surface area contributed by atoms with Crippen LogP contribution >= 0.6 is 0 Å². The van der Waals surface area contributed by atoms with Gasteiger partial charge in [0.25, 0.3) is 0 Å². The Kier molecular flexibility index (Phi) is 4.16. The van der Waals surface area contributed by atoms with Crippen LogP contribution in [-0.4, -0.2) is 51.3 Å². The number of anilines is 1. The van der Waals surface area contributed by atoms with Gasteiger partial charge >= 0.3 is 0 Å². The minimum absolute atomic E-state index is 0.216. The summed E-state index contributed by atoms with van der Waals surface area (Å²) in [7, 11) is -1.64. The zero-order valence-electron chi connectivity index (χ0n) is 15.1. The Hall–Kier alpha value is -2.12. The summed E-state index contributed by atoms with van der Waals surface area (Å²) in [5.41, 5.74) is 2.66. The number of benzene rings is 1. The number of fused-ring (bicyclic) bond motifs is 2. The van der Waals surface area contributed by atoms with Gasteiger partial charge in [0.2, 0.25) is 10.0 Å². The van der Waals surface area contributed by atoms with Gasteiger partial charge in [-0.25, -0.2) is 8.42 Å². The van der Waals surface area contributed by atoms with Gasteiger partial charge in [-0.2, -0.15) is 0 Å². The molecule has 1 aromatic heterocycles. The maximum atomic E-state index is 12.2. The fourth-order valence-electron chi connectivity index (χ4n) is 4.14. The lowest BCUT2D eigenvalue weighted by molar-refractivity contribution is 0.306. The maximum absolute atomic E-state index is 12.2. The van der Waals surface area contributed by atoms with E-state index in [2.05, 4.69) is 22.0 Å². The molecule has 1 unspecified atom stereocenters. The summed E-state index contributed by atoms with van der Waals surface area (Å²) < 4.78 is 31.2. The molecule has 1 spiro atoms. The second kappa shape index (κ2) is 6.25. The first-order chi connectivity index (χ1) is 12.4. The number of aromatic nitrogens is 1. The molecule has 1 atom stereocenters. The van der Waals surface area contributed by atoms with Gasteiger partial charge in [0.1, 0.15) is 5.75 Å². The van der Waals surface area contributed by atoms with Gasteiger partial charge in [-0.3, -0.25) is 14.2 Å². The second-order valence-corrected chi connectivity index (χ2v) is 9.14. The zero-order chi connectivity index (χ0) is 18.4. The molecule has 0 saturated carbocycles. The third-order valence-corrected chi connectivity index (χ3v) is 6.53. The predicted octanol–water partition coefficient (Wildman–Crippen LogP) is 2.01. The van der Waals surface area contributed by atoms with E-state index in [0.29, 0.717) is 6.54 Å². The van der Waals surface area contributed by atoms with Crippen LogP contribution < -0.4 is 9.04 Å². The molecule has 0 aliphatic carbocycles. The van der Waals surface area contributed by atoms with E-state index in [0.717, 1.165) is 43.2 Å². The molecule has 1 fully saturated rings. The lowest BCUT2D eigenvalue weighted by atomic mass is 9.85. The Morgan fingerprint density at radius 3 is 2.65 bits per heavy atom. The molecule has 0 N–H and O–H groups in total. The molecule has 6 nitrogen and oxygen atoms in total. The quantitative estimate of drug-likeness (QED) is 0.820. The summed E-state index contributed by atoms with van der Waals surface area (Å²) in [5, 5.41) is 0. The van der Waals surface area contributed by atoms with Crippen LogP contribution in [-0.2, 0) is 22.0 Å². The average molecular weight is 373 g/mol. The zero-order valence-corrected chi connectivity index (χ0v) is 15.9. The molecule has 2 aliphatic heterocycles. The van der Waals surface area contributed by atoms with Crippen molar-refractivity contribution in [3.8, 4) is 5.75 Å². The van der Waals surface area contributed by atoms with Crippen molar-refractivity contribution in [1.82, 2.24) is 9.88 Å². The predicted molar refractivity (Wildman–Crippen MR) is 101 cm³/mol. The number of pyridine rings is 1. The van der Waals surface area contributed by atoms with Crippen LogP contribution in [0.25, 0.3) is 0 Å². The van der Waals surface area contributed by atoms with Crippen LogP contribution in [0.3, 0.4) is 0 Å². The van der Waals surface area contributed by atoms with E-state index in [4.69, 9.17) is 4.74 Å². The average Bonchev–Trinajstić information content (AvgIpc) is 3.18. The fraction of sp³-hybridized carbons (Fsp3) is 0.421. The lowest BCUT2D eigenvalue weighted by Crippen LogP contribution is -2.38. The molecule has 0 bridgehead atoms. The summed E-state index contributed by atoms with van der Waals surface area (Å²) >= 11 is 0. The van der Waals surface area contributed by atoms with E-state index in [-0.39, 0.29) is 5.41 Å². The van der Waals surface area contributed by atoms with Gasteiger partial charge in [0.05, 0.1) is 24.7 Å². The molecule has 7 heteroatoms. The van der Waals surface area contributed by atoms with Crippen LogP contribution in [0.1, 0.15) is 17.7 Å². The van der Waals surface area contributed by atoms with Gasteiger partial charge in [0, 0.05) is 31.2 Å². The Morgan fingerprint density at radius 2 is 1.96 bits per heavy atom. The molecular weight excluding hydrogens is 350 g/mol. The van der Waals surface area contributed by atoms with Crippen molar-refractivity contribution < 1.29 is 13.2 Å². The first-order valence-corrected chi connectivity index (χ1v) is 10.5. The summed E-state index contributed by atoms with van der Waals surface area (Å²) in [5.74, 6) is 0.851. The molecular formula is C19H23N3O3S. The molecule has 1 saturated heterocycles. The number of nitrogens with zero attached hydrogens (tertiary/aromatic N) is 3. The Bertz CT molecular complexity index is 914. The monoisotopic (exact) mass is 373 g/mol. The van der Waals surface area contributed by atoms with Crippen molar-refractivity contribution in [1.29, 1.82) is 0 Å². The van der Waals surface area contributed by atoms with Gasteiger partial charge < -0.3 is 4.74 Å². The molecule has 2 aromatic rings. The highest BCUT2D eigenvalue weighted by molar-refractivity contribution is 7.92. The van der Waals surface area contributed by atoms with Crippen molar-refractivity contribution in [2.24, 2.45) is 0 Å². The van der Waals surface area contributed by atoms with Crippen LogP contribution in [0, 0.1) is 0 Å². The van der Waals surface area contributed by atoms with Crippen molar-refractivity contribution >= 4 is 15.7 Å². The van der Waals surface area contributed by atoms with Gasteiger partial charge in [0.15, 0.2) is 0 Å². The summed E-state index contributed by atoms with van der Waals surface area (Å²) in [6.07, 6.45) is 3.95. The van der Waals surface area contributed by atoms with Crippen LogP contribution in [0.2, 0.25) is 0 Å². The summed E-state index contributed by atoms with van der Waals surface area (Å²) in [4.78, 5) is 6.95. The number of ether oxygens (including phenoxy) is 1. The van der Waals surface area contributed by atoms with E-state index in [1.54, 1.807) is 19.4 Å². The second-order valence-electron chi connectivity index (χ2n) is 7.23. The molecule has 2 aliphatic rings. The SMILES string of the molecule is COc1ccc(CN2CCC3(C2)CN(S(C)(=O)=O)c2cccnc23)cc1. The largest absolute Gasteiger partial charge is 0.497 e. The molecule has 1 aromatic carbocycles. The number of rotatable bonds is 4. The van der Waals surface area contributed by atoms with Crippen molar-refractivity contribution in [2.75, 3.05) is 37.3 Å². The lowest BCUT2D eigenvalue weighted by Gasteiger charge is -2.25. The third kappa shape index (κ3) is 2.95. The van der Waals surface area contributed by atoms with E-state index in [1.807, 2.05) is 18.2 Å². The highest BCUT2D eigenvalue weighted by Crippen LogP contribution is 2.46. The van der Waals surface area contributed by atoms with E-state index in [9.17, 15) is 8.42 Å². The molecule has 138 valence electrons. The molecule has 26 heavy (non-hydrogen) atoms. The number of sulfonamides is 1. The highest BCUT2D eigenvalue weighted by atomic mass is 32.2. The van der Waals surface area contributed by atoms with Crippen molar-refractivity contribution in [3.63, 3.8) is 0 Å². The molecule has 0 radical (unpaired) electrons. The minimum atomic E-state index is -3.30. The minimum Gasteiger partial charge on any atom is -0.497 e. The summed E-state index contributed by atoms with van der Waals surface area (Å²) in [6, 6.07) is 11.8. The van der Waals surface area contributed by atoms with Gasteiger partial charge in [-0.05, 0) is 42.8 Å². The van der Waals surface area contributed by atoms with Crippen LogP contribution in [0.15, 0.2) is 42.6 Å². The number of likely N-dealkylation sites (tertiary alicyclic amines) is 1. The van der Waals surface area contributed by atoms with Crippen molar-refractivity contribution in [3.05, 3.63) is 53.9 Å². The fourth-order valence-corrected chi connectivity index (χ4v) is 5.13. The highest BCUT2D eigenvalue weighted by Gasteiger charge is 2.50. The maximum Gasteiger partial charge on any atom is 0.232 e. The topological polar surface area (TPSA) is 62.7 Å². The number of methoxy groups -OCH3 is 1. The van der Waals surface area contributed by atoms with E-state index >= 15 is 0 Å². The third-order valence-electron chi connectivity index (χ3n) is 5.40. The van der Waals surface area contributed by atoms with E-state index < -0.39 is 10.0 Å². The number of hydrogen-bond donors (Lipinski definition) is 0. The Labute approximate surface area is 154 Å². The van der Waals surface area contributed by atoms with Gasteiger partial charge in [-0.1, -0.05) is 12.1 Å². The van der Waals surface area contributed by atoms with Gasteiger partial charge in [-0.15, -0.1) is 0 Å². The van der Waals surface area contributed by atoms with Crippen LogP contribution in [0.4, 0.5) is 5.69 Å². The number of hydrogen-bond acceptors (Lipinski definition) is 5. The van der Waals surface area contributed by atoms with Crippen molar-refractivity contribution in [2.45, 2.75) is 18.4 Å². The molecule has 4 rings (SSSR count). The first kappa shape index (κ1) is 17.3. The van der Waals surface area contributed by atoms with E-state index in [1.165, 1.54) is 16.1 Å². The molecule has 0 amide bonds. The van der Waals surface area contributed by atoms with Crippen LogP contribution in [0.5, 0.6) is 5.75 Å². The Morgan fingerprint density at radius 1 is 1.19 bits per heavy atom. The first-order valence-electron chi connectivity index (χ1n) is 8.70. The molecule has 3 heterocycles.